The molecule has 0 fully saturated rings. The number of nitrogens with one attached hydrogen (secondary N) is 1. The van der Waals surface area contributed by atoms with E-state index in [0.717, 1.165) is 20.9 Å². The van der Waals surface area contributed by atoms with Gasteiger partial charge in [-0.1, -0.05) is 11.8 Å². The molecule has 3 nitrogen and oxygen atoms in total. The third kappa shape index (κ3) is 3.94. The lowest BCUT2D eigenvalue weighted by atomic mass is 10.2. The van der Waals surface area contributed by atoms with Gasteiger partial charge in [-0.2, -0.15) is 0 Å². The topological polar surface area (TPSA) is 49.3 Å². The molecule has 0 spiro atoms. The van der Waals surface area contributed by atoms with E-state index in [-0.39, 0.29) is 12.5 Å². The van der Waals surface area contributed by atoms with Gasteiger partial charge in [-0.15, -0.1) is 22.7 Å². The van der Waals surface area contributed by atoms with E-state index in [2.05, 4.69) is 17.2 Å². The van der Waals surface area contributed by atoms with E-state index in [1.165, 1.54) is 11.3 Å². The highest BCUT2D eigenvalue weighted by Gasteiger charge is 2.10. The van der Waals surface area contributed by atoms with E-state index in [1.807, 2.05) is 29.8 Å². The molecule has 2 rings (SSSR count). The van der Waals surface area contributed by atoms with E-state index in [4.69, 9.17) is 5.11 Å². The Morgan fingerprint density at radius 3 is 3.00 bits per heavy atom. The molecule has 0 radical (unpaired) electrons. The van der Waals surface area contributed by atoms with E-state index in [1.54, 1.807) is 11.3 Å². The van der Waals surface area contributed by atoms with Crippen LogP contribution >= 0.6 is 22.7 Å². The Morgan fingerprint density at radius 2 is 2.30 bits per heavy atom. The number of thiophene rings is 2. The largest absolute Gasteiger partial charge is 0.395 e. The number of carbonyl (C=O) groups is 1. The summed E-state index contributed by atoms with van der Waals surface area (Å²) >= 11 is 3.03. The van der Waals surface area contributed by atoms with Crippen molar-refractivity contribution < 1.29 is 9.90 Å². The summed E-state index contributed by atoms with van der Waals surface area (Å²) in [5.41, 5.74) is 1.94. The van der Waals surface area contributed by atoms with Gasteiger partial charge in [0, 0.05) is 22.2 Å². The van der Waals surface area contributed by atoms with Gasteiger partial charge in [0.2, 0.25) is 0 Å². The zero-order valence-electron chi connectivity index (χ0n) is 11.1. The molecular formula is C15H15NO2S2. The Labute approximate surface area is 126 Å². The first-order valence-corrected chi connectivity index (χ1v) is 7.96. The number of aliphatic hydroxyl groups excluding tert-OH is 1. The Morgan fingerprint density at radius 1 is 1.45 bits per heavy atom. The van der Waals surface area contributed by atoms with Crippen LogP contribution in [0.4, 0.5) is 0 Å². The first kappa shape index (κ1) is 14.8. The Hall–Kier alpha value is -1.61. The minimum Gasteiger partial charge on any atom is -0.395 e. The molecule has 2 heterocycles. The smallest absolute Gasteiger partial charge is 0.261 e. The number of carbonyl (C=O) groups excluding carboxylic acids is 1. The molecule has 0 atom stereocenters. The highest BCUT2D eigenvalue weighted by atomic mass is 32.1. The summed E-state index contributed by atoms with van der Waals surface area (Å²) in [6.45, 7) is 2.54. The molecule has 0 aliphatic rings. The average Bonchev–Trinajstić information content (AvgIpc) is 3.05. The Kier molecular flexibility index (Phi) is 5.36. The fourth-order valence-electron chi connectivity index (χ4n) is 1.61. The fourth-order valence-corrected chi connectivity index (χ4v) is 3.21. The summed E-state index contributed by atoms with van der Waals surface area (Å²) in [6, 6.07) is 3.91. The van der Waals surface area contributed by atoms with Crippen molar-refractivity contribution in [3.8, 4) is 11.8 Å². The normalized spacial score (nSPS) is 9.90. The molecule has 5 heteroatoms. The predicted molar refractivity (Wildman–Crippen MR) is 83.1 cm³/mol. The number of hydrogen-bond acceptors (Lipinski definition) is 4. The number of rotatable bonds is 4. The Bertz CT molecular complexity index is 646. The van der Waals surface area contributed by atoms with Crippen molar-refractivity contribution in [3.63, 3.8) is 0 Å². The monoisotopic (exact) mass is 305 g/mol. The van der Waals surface area contributed by atoms with Crippen molar-refractivity contribution in [1.29, 1.82) is 0 Å². The molecule has 0 bridgehead atoms. The highest BCUT2D eigenvalue weighted by molar-refractivity contribution is 7.12. The van der Waals surface area contributed by atoms with Gasteiger partial charge in [-0.05, 0) is 30.0 Å². The van der Waals surface area contributed by atoms with Crippen LogP contribution in [0.2, 0.25) is 0 Å². The summed E-state index contributed by atoms with van der Waals surface area (Å²) in [7, 11) is 0. The summed E-state index contributed by atoms with van der Waals surface area (Å²) < 4.78 is 0. The third-order valence-corrected chi connectivity index (χ3v) is 4.57. The van der Waals surface area contributed by atoms with Gasteiger partial charge in [0.15, 0.2) is 0 Å². The summed E-state index contributed by atoms with van der Waals surface area (Å²) in [5.74, 6) is 5.83. The SMILES string of the molecule is Cc1ccsc1C(=O)NCc1cc(C#CCCO)cs1. The maximum absolute atomic E-state index is 12.0. The van der Waals surface area contributed by atoms with Crippen LogP contribution in [0, 0.1) is 18.8 Å². The molecule has 0 saturated carbocycles. The first-order chi connectivity index (χ1) is 9.70. The van der Waals surface area contributed by atoms with Gasteiger partial charge in [-0.25, -0.2) is 0 Å². The molecule has 0 unspecified atom stereocenters. The van der Waals surface area contributed by atoms with Crippen LogP contribution < -0.4 is 5.32 Å². The quantitative estimate of drug-likeness (QED) is 0.853. The van der Waals surface area contributed by atoms with Gasteiger partial charge in [0.25, 0.3) is 5.91 Å². The lowest BCUT2D eigenvalue weighted by Crippen LogP contribution is -2.21. The van der Waals surface area contributed by atoms with Gasteiger partial charge in [0.05, 0.1) is 18.0 Å². The van der Waals surface area contributed by atoms with Crippen LogP contribution in [0.1, 0.15) is 32.1 Å². The zero-order chi connectivity index (χ0) is 14.4. The summed E-state index contributed by atoms with van der Waals surface area (Å²) in [4.78, 5) is 13.8. The van der Waals surface area contributed by atoms with E-state index >= 15 is 0 Å². The second kappa shape index (κ2) is 7.25. The van der Waals surface area contributed by atoms with Crippen molar-refractivity contribution in [3.05, 3.63) is 43.8 Å². The van der Waals surface area contributed by atoms with Gasteiger partial charge >= 0.3 is 0 Å². The maximum Gasteiger partial charge on any atom is 0.261 e. The molecule has 20 heavy (non-hydrogen) atoms. The molecule has 0 saturated heterocycles. The highest BCUT2D eigenvalue weighted by Crippen LogP contribution is 2.17. The number of amides is 1. The van der Waals surface area contributed by atoms with E-state index in [0.29, 0.717) is 13.0 Å². The molecule has 1 amide bonds. The number of aryl methyl sites for hydroxylation is 1. The van der Waals surface area contributed by atoms with Crippen molar-refractivity contribution >= 4 is 28.6 Å². The summed E-state index contributed by atoms with van der Waals surface area (Å²) in [6.07, 6.45) is 0.486. The standard InChI is InChI=1S/C15H15NO2S2/c1-11-5-7-19-14(11)15(18)16-9-13-8-12(10-20-13)4-2-3-6-17/h5,7-8,10,17H,3,6,9H2,1H3,(H,16,18). The van der Waals surface area contributed by atoms with Gasteiger partial charge < -0.3 is 10.4 Å². The van der Waals surface area contributed by atoms with Crippen molar-refractivity contribution in [2.24, 2.45) is 0 Å². The third-order valence-electron chi connectivity index (χ3n) is 2.61. The molecule has 0 aliphatic carbocycles. The molecule has 0 aliphatic heterocycles. The Balaban J connectivity index is 1.90. The van der Waals surface area contributed by atoms with Crippen LogP contribution in [0.3, 0.4) is 0 Å². The molecule has 2 aromatic heterocycles. The summed E-state index contributed by atoms with van der Waals surface area (Å²) in [5, 5.41) is 15.5. The number of hydrogen-bond donors (Lipinski definition) is 2. The number of aliphatic hydroxyl groups is 1. The second-order valence-electron chi connectivity index (χ2n) is 4.19. The molecule has 104 valence electrons. The minimum atomic E-state index is -0.0289. The zero-order valence-corrected chi connectivity index (χ0v) is 12.7. The fraction of sp³-hybridized carbons (Fsp3) is 0.267. The molecule has 0 aromatic carbocycles. The lowest BCUT2D eigenvalue weighted by Gasteiger charge is -2.02. The maximum atomic E-state index is 12.0. The van der Waals surface area contributed by atoms with Crippen LogP contribution in [-0.2, 0) is 6.54 Å². The van der Waals surface area contributed by atoms with E-state index in [9.17, 15) is 4.79 Å². The first-order valence-electron chi connectivity index (χ1n) is 6.20. The van der Waals surface area contributed by atoms with Crippen molar-refractivity contribution in [2.75, 3.05) is 6.61 Å². The van der Waals surface area contributed by atoms with Crippen LogP contribution in [0.25, 0.3) is 0 Å². The van der Waals surface area contributed by atoms with Crippen molar-refractivity contribution in [1.82, 2.24) is 5.32 Å². The predicted octanol–water partition coefficient (Wildman–Crippen LogP) is 2.78. The van der Waals surface area contributed by atoms with Crippen molar-refractivity contribution in [2.45, 2.75) is 19.9 Å². The van der Waals surface area contributed by atoms with Crippen LogP contribution in [0.15, 0.2) is 22.9 Å². The molecule has 2 N–H and O–H groups in total. The van der Waals surface area contributed by atoms with Crippen LogP contribution in [0.5, 0.6) is 0 Å². The second-order valence-corrected chi connectivity index (χ2v) is 6.10. The van der Waals surface area contributed by atoms with E-state index < -0.39 is 0 Å². The molecule has 2 aromatic rings. The average molecular weight is 305 g/mol. The lowest BCUT2D eigenvalue weighted by molar-refractivity contribution is 0.0955. The van der Waals surface area contributed by atoms with Gasteiger partial charge in [-0.3, -0.25) is 4.79 Å². The minimum absolute atomic E-state index is 0.0289. The van der Waals surface area contributed by atoms with Gasteiger partial charge in [0.1, 0.15) is 0 Å². The molecular weight excluding hydrogens is 290 g/mol. The van der Waals surface area contributed by atoms with Crippen LogP contribution in [-0.4, -0.2) is 17.6 Å².